The van der Waals surface area contributed by atoms with Gasteiger partial charge in [0, 0.05) is 25.2 Å². The lowest BCUT2D eigenvalue weighted by Crippen LogP contribution is -2.34. The van der Waals surface area contributed by atoms with Gasteiger partial charge < -0.3 is 10.2 Å². The van der Waals surface area contributed by atoms with Crippen molar-refractivity contribution < 1.29 is 0 Å². The molecule has 4 heteroatoms. The number of aromatic nitrogens is 2. The van der Waals surface area contributed by atoms with Gasteiger partial charge in [0.1, 0.15) is 0 Å². The Kier molecular flexibility index (Phi) is 5.77. The molecule has 0 bridgehead atoms. The molecule has 0 aliphatic heterocycles. The number of nitrogens with one attached hydrogen (secondary N) is 1. The number of rotatable bonds is 9. The summed E-state index contributed by atoms with van der Waals surface area (Å²) in [6.07, 6.45) is 6.17. The molecule has 112 valence electrons. The fourth-order valence-corrected chi connectivity index (χ4v) is 2.25. The van der Waals surface area contributed by atoms with Crippen LogP contribution in [0.25, 0.3) is 0 Å². The van der Waals surface area contributed by atoms with Crippen molar-refractivity contribution in [3.05, 3.63) is 17.8 Å². The molecule has 1 heterocycles. The summed E-state index contributed by atoms with van der Waals surface area (Å²) in [7, 11) is 0. The third-order valence-corrected chi connectivity index (χ3v) is 4.02. The molecule has 1 aliphatic rings. The number of hydrogen-bond acceptors (Lipinski definition) is 4. The predicted octanol–water partition coefficient (Wildman–Crippen LogP) is 3.13. The third-order valence-electron chi connectivity index (χ3n) is 4.02. The summed E-state index contributed by atoms with van der Waals surface area (Å²) in [5.41, 5.74) is 1.04. The van der Waals surface area contributed by atoms with Gasteiger partial charge in [-0.05, 0) is 44.7 Å². The van der Waals surface area contributed by atoms with Crippen LogP contribution in [0.1, 0.15) is 58.6 Å². The first-order chi connectivity index (χ1) is 9.74. The Balaban J connectivity index is 1.96. The highest BCUT2D eigenvalue weighted by Crippen LogP contribution is 2.19. The van der Waals surface area contributed by atoms with E-state index < -0.39 is 0 Å². The molecule has 2 rings (SSSR count). The molecule has 0 amide bonds. The highest BCUT2D eigenvalue weighted by molar-refractivity contribution is 5.38. The molecule has 0 spiro atoms. The molecule has 0 aromatic carbocycles. The Morgan fingerprint density at radius 2 is 2.10 bits per heavy atom. The SMILES string of the molecule is CCCCN(c1ccc(CNC2CC2)nn1)C(C)CC. The van der Waals surface area contributed by atoms with Crippen molar-refractivity contribution in [3.63, 3.8) is 0 Å². The van der Waals surface area contributed by atoms with Crippen molar-refractivity contribution in [2.24, 2.45) is 0 Å². The summed E-state index contributed by atoms with van der Waals surface area (Å²) >= 11 is 0. The van der Waals surface area contributed by atoms with E-state index in [2.05, 4.69) is 53.3 Å². The van der Waals surface area contributed by atoms with Crippen LogP contribution in [0.2, 0.25) is 0 Å². The molecule has 1 atom stereocenters. The summed E-state index contributed by atoms with van der Waals surface area (Å²) in [5, 5.41) is 12.3. The minimum atomic E-state index is 0.520. The lowest BCUT2D eigenvalue weighted by molar-refractivity contribution is 0.584. The fourth-order valence-electron chi connectivity index (χ4n) is 2.25. The largest absolute Gasteiger partial charge is 0.352 e. The van der Waals surface area contributed by atoms with Gasteiger partial charge in [-0.15, -0.1) is 5.10 Å². The fraction of sp³-hybridized carbons (Fsp3) is 0.750. The summed E-state index contributed by atoms with van der Waals surface area (Å²) in [6.45, 7) is 8.63. The first kappa shape index (κ1) is 15.2. The molecule has 1 N–H and O–H groups in total. The highest BCUT2D eigenvalue weighted by Gasteiger charge is 2.20. The van der Waals surface area contributed by atoms with Crippen LogP contribution < -0.4 is 10.2 Å². The first-order valence-electron chi connectivity index (χ1n) is 8.07. The minimum absolute atomic E-state index is 0.520. The lowest BCUT2D eigenvalue weighted by Gasteiger charge is -2.29. The van der Waals surface area contributed by atoms with Crippen molar-refractivity contribution in [2.75, 3.05) is 11.4 Å². The Bertz CT molecular complexity index is 386. The minimum Gasteiger partial charge on any atom is -0.352 e. The number of unbranched alkanes of at least 4 members (excludes halogenated alkanes) is 1. The smallest absolute Gasteiger partial charge is 0.151 e. The van der Waals surface area contributed by atoms with E-state index in [-0.39, 0.29) is 0 Å². The van der Waals surface area contributed by atoms with Crippen LogP contribution in [0.4, 0.5) is 5.82 Å². The van der Waals surface area contributed by atoms with Gasteiger partial charge >= 0.3 is 0 Å². The van der Waals surface area contributed by atoms with E-state index in [0.29, 0.717) is 6.04 Å². The molecule has 1 aromatic heterocycles. The van der Waals surface area contributed by atoms with E-state index in [1.807, 2.05) is 0 Å². The second-order valence-corrected chi connectivity index (χ2v) is 5.84. The Hall–Kier alpha value is -1.16. The summed E-state index contributed by atoms with van der Waals surface area (Å²) in [5.74, 6) is 1.02. The van der Waals surface area contributed by atoms with Gasteiger partial charge in [-0.25, -0.2) is 0 Å². The molecule has 1 aliphatic carbocycles. The molecular formula is C16H28N4. The van der Waals surface area contributed by atoms with Crippen LogP contribution in [-0.4, -0.2) is 28.8 Å². The average molecular weight is 276 g/mol. The molecule has 1 aromatic rings. The Morgan fingerprint density at radius 1 is 1.30 bits per heavy atom. The van der Waals surface area contributed by atoms with Gasteiger partial charge in [0.2, 0.25) is 0 Å². The number of hydrogen-bond donors (Lipinski definition) is 1. The van der Waals surface area contributed by atoms with E-state index in [1.54, 1.807) is 0 Å². The van der Waals surface area contributed by atoms with Crippen molar-refractivity contribution in [3.8, 4) is 0 Å². The summed E-state index contributed by atoms with van der Waals surface area (Å²) in [6, 6.07) is 5.47. The monoisotopic (exact) mass is 276 g/mol. The van der Waals surface area contributed by atoms with Gasteiger partial charge in [-0.1, -0.05) is 20.3 Å². The van der Waals surface area contributed by atoms with Crippen LogP contribution in [0.15, 0.2) is 12.1 Å². The second-order valence-electron chi connectivity index (χ2n) is 5.84. The van der Waals surface area contributed by atoms with Crippen LogP contribution in [-0.2, 0) is 6.54 Å². The Labute approximate surface area is 123 Å². The molecule has 0 saturated heterocycles. The molecule has 4 nitrogen and oxygen atoms in total. The molecular weight excluding hydrogens is 248 g/mol. The Morgan fingerprint density at radius 3 is 2.65 bits per heavy atom. The molecule has 1 unspecified atom stereocenters. The maximum absolute atomic E-state index is 4.44. The maximum Gasteiger partial charge on any atom is 0.151 e. The van der Waals surface area contributed by atoms with Gasteiger partial charge in [0.05, 0.1) is 5.69 Å². The van der Waals surface area contributed by atoms with Crippen molar-refractivity contribution in [2.45, 2.75) is 71.5 Å². The third kappa shape index (κ3) is 4.44. The summed E-state index contributed by atoms with van der Waals surface area (Å²) in [4.78, 5) is 2.38. The van der Waals surface area contributed by atoms with Crippen LogP contribution in [0, 0.1) is 0 Å². The van der Waals surface area contributed by atoms with Crippen molar-refractivity contribution >= 4 is 5.82 Å². The van der Waals surface area contributed by atoms with Crippen molar-refractivity contribution in [1.29, 1.82) is 0 Å². The quantitative estimate of drug-likeness (QED) is 0.752. The molecule has 20 heavy (non-hydrogen) atoms. The van der Waals surface area contributed by atoms with Gasteiger partial charge in [0.15, 0.2) is 5.82 Å². The standard InChI is InChI=1S/C16H28N4/c1-4-6-11-20(13(3)5-2)16-10-9-15(18-19-16)12-17-14-7-8-14/h9-10,13-14,17H,4-8,11-12H2,1-3H3. The number of anilines is 1. The van der Waals surface area contributed by atoms with E-state index in [4.69, 9.17) is 0 Å². The van der Waals surface area contributed by atoms with Crippen molar-refractivity contribution in [1.82, 2.24) is 15.5 Å². The van der Waals surface area contributed by atoms with Crippen LogP contribution >= 0.6 is 0 Å². The normalized spacial score (nSPS) is 16.1. The average Bonchev–Trinajstić information content (AvgIpc) is 3.30. The van der Waals surface area contributed by atoms with Gasteiger partial charge in [-0.3, -0.25) is 0 Å². The zero-order chi connectivity index (χ0) is 14.4. The van der Waals surface area contributed by atoms with Crippen LogP contribution in [0.5, 0.6) is 0 Å². The molecule has 0 radical (unpaired) electrons. The summed E-state index contributed by atoms with van der Waals surface area (Å²) < 4.78 is 0. The lowest BCUT2D eigenvalue weighted by atomic mass is 10.2. The zero-order valence-corrected chi connectivity index (χ0v) is 13.1. The highest BCUT2D eigenvalue weighted by atomic mass is 15.3. The van der Waals surface area contributed by atoms with Gasteiger partial charge in [0.25, 0.3) is 0 Å². The topological polar surface area (TPSA) is 41.0 Å². The van der Waals surface area contributed by atoms with Gasteiger partial charge in [-0.2, -0.15) is 5.10 Å². The van der Waals surface area contributed by atoms with Crippen LogP contribution in [0.3, 0.4) is 0 Å². The maximum atomic E-state index is 4.44. The van der Waals surface area contributed by atoms with E-state index >= 15 is 0 Å². The predicted molar refractivity (Wildman–Crippen MR) is 83.9 cm³/mol. The number of nitrogens with zero attached hydrogens (tertiary/aromatic N) is 3. The molecule has 1 saturated carbocycles. The zero-order valence-electron chi connectivity index (χ0n) is 13.1. The van der Waals surface area contributed by atoms with E-state index in [0.717, 1.165) is 37.1 Å². The second kappa shape index (κ2) is 7.58. The van der Waals surface area contributed by atoms with E-state index in [9.17, 15) is 0 Å². The van der Waals surface area contributed by atoms with E-state index in [1.165, 1.54) is 25.7 Å². The molecule has 1 fully saturated rings. The first-order valence-corrected chi connectivity index (χ1v) is 8.07.